The summed E-state index contributed by atoms with van der Waals surface area (Å²) >= 11 is 0. The fourth-order valence-electron chi connectivity index (χ4n) is 2.68. The monoisotopic (exact) mass is 367 g/mol. The summed E-state index contributed by atoms with van der Waals surface area (Å²) in [7, 11) is 0. The molecule has 5 nitrogen and oxygen atoms in total. The first-order valence-corrected chi connectivity index (χ1v) is 8.61. The molecule has 0 spiro atoms. The van der Waals surface area contributed by atoms with Gasteiger partial charge in [0.25, 0.3) is 5.91 Å². The zero-order valence-electron chi connectivity index (χ0n) is 15.5. The Morgan fingerprint density at radius 1 is 1.04 bits per heavy atom. The summed E-state index contributed by atoms with van der Waals surface area (Å²) in [6, 6.07) is 20.0. The van der Waals surface area contributed by atoms with Gasteiger partial charge in [-0.25, -0.2) is 0 Å². The maximum Gasteiger partial charge on any atom is 0.266 e. The van der Waals surface area contributed by atoms with Gasteiger partial charge < -0.3 is 9.73 Å². The SMILES string of the molecule is Cc1ccc(NC(=O)/C(C#N)=C/c2ccc(-c3ccccc3C#N)o2)cc1C. The molecule has 0 aliphatic rings. The highest BCUT2D eigenvalue weighted by molar-refractivity contribution is 6.09. The first-order chi connectivity index (χ1) is 13.5. The lowest BCUT2D eigenvalue weighted by molar-refractivity contribution is -0.112. The third kappa shape index (κ3) is 4.00. The van der Waals surface area contributed by atoms with Crippen LogP contribution in [0.2, 0.25) is 0 Å². The molecule has 0 unspecified atom stereocenters. The van der Waals surface area contributed by atoms with Crippen molar-refractivity contribution < 1.29 is 9.21 Å². The van der Waals surface area contributed by atoms with Gasteiger partial charge in [-0.1, -0.05) is 18.2 Å². The summed E-state index contributed by atoms with van der Waals surface area (Å²) in [5.41, 5.74) is 3.86. The van der Waals surface area contributed by atoms with Crippen LogP contribution in [0.25, 0.3) is 17.4 Å². The lowest BCUT2D eigenvalue weighted by atomic mass is 10.1. The van der Waals surface area contributed by atoms with Crippen LogP contribution in [-0.2, 0) is 4.79 Å². The molecule has 0 aliphatic heterocycles. The fourth-order valence-corrected chi connectivity index (χ4v) is 2.68. The fraction of sp³-hybridized carbons (Fsp3) is 0.0870. The third-order valence-electron chi connectivity index (χ3n) is 4.36. The first kappa shape index (κ1) is 18.7. The molecule has 1 heterocycles. The van der Waals surface area contributed by atoms with Crippen LogP contribution in [0.4, 0.5) is 5.69 Å². The molecular weight excluding hydrogens is 350 g/mol. The Labute approximate surface area is 163 Å². The van der Waals surface area contributed by atoms with Crippen molar-refractivity contribution in [1.29, 1.82) is 10.5 Å². The average Bonchev–Trinajstić information content (AvgIpc) is 3.17. The molecule has 136 valence electrons. The van der Waals surface area contributed by atoms with Gasteiger partial charge in [0, 0.05) is 17.3 Å². The third-order valence-corrected chi connectivity index (χ3v) is 4.36. The molecule has 5 heteroatoms. The number of hydrogen-bond acceptors (Lipinski definition) is 4. The Balaban J connectivity index is 1.84. The van der Waals surface area contributed by atoms with Gasteiger partial charge in [-0.2, -0.15) is 10.5 Å². The van der Waals surface area contributed by atoms with E-state index in [1.54, 1.807) is 36.4 Å². The Bertz CT molecular complexity index is 1160. The van der Waals surface area contributed by atoms with E-state index in [1.807, 2.05) is 38.1 Å². The molecule has 1 N–H and O–H groups in total. The van der Waals surface area contributed by atoms with Crippen LogP contribution in [0.3, 0.4) is 0 Å². The number of carbonyl (C=O) groups excluding carboxylic acids is 1. The molecule has 0 bridgehead atoms. The highest BCUT2D eigenvalue weighted by Crippen LogP contribution is 2.26. The van der Waals surface area contributed by atoms with E-state index in [9.17, 15) is 15.3 Å². The summed E-state index contributed by atoms with van der Waals surface area (Å²) in [6.45, 7) is 3.94. The molecule has 0 saturated heterocycles. The van der Waals surface area contributed by atoms with Crippen molar-refractivity contribution in [3.63, 3.8) is 0 Å². The van der Waals surface area contributed by atoms with Crippen LogP contribution in [0.5, 0.6) is 0 Å². The lowest BCUT2D eigenvalue weighted by Gasteiger charge is -2.06. The van der Waals surface area contributed by atoms with Crippen LogP contribution in [-0.4, -0.2) is 5.91 Å². The van der Waals surface area contributed by atoms with E-state index in [0.29, 0.717) is 28.3 Å². The Hall–Kier alpha value is -4.09. The number of carbonyl (C=O) groups is 1. The van der Waals surface area contributed by atoms with Gasteiger partial charge >= 0.3 is 0 Å². The van der Waals surface area contributed by atoms with Gasteiger partial charge in [-0.3, -0.25) is 4.79 Å². The zero-order valence-corrected chi connectivity index (χ0v) is 15.5. The van der Waals surface area contributed by atoms with E-state index >= 15 is 0 Å². The second kappa shape index (κ2) is 8.07. The van der Waals surface area contributed by atoms with Crippen molar-refractivity contribution in [3.05, 3.63) is 82.6 Å². The number of hydrogen-bond donors (Lipinski definition) is 1. The largest absolute Gasteiger partial charge is 0.457 e. The quantitative estimate of drug-likeness (QED) is 0.520. The average molecular weight is 367 g/mol. The number of nitriles is 2. The lowest BCUT2D eigenvalue weighted by Crippen LogP contribution is -2.13. The molecule has 0 aliphatic carbocycles. The number of nitrogens with zero attached hydrogens (tertiary/aromatic N) is 2. The highest BCUT2D eigenvalue weighted by atomic mass is 16.3. The normalized spacial score (nSPS) is 10.8. The molecule has 0 fully saturated rings. The van der Waals surface area contributed by atoms with E-state index in [1.165, 1.54) is 6.08 Å². The first-order valence-electron chi connectivity index (χ1n) is 8.61. The Morgan fingerprint density at radius 2 is 1.82 bits per heavy atom. The molecule has 3 aromatic rings. The molecule has 3 rings (SSSR count). The van der Waals surface area contributed by atoms with Gasteiger partial charge in [0.1, 0.15) is 23.2 Å². The summed E-state index contributed by atoms with van der Waals surface area (Å²) in [4.78, 5) is 12.4. The number of amides is 1. The number of furan rings is 1. The van der Waals surface area contributed by atoms with Crippen LogP contribution in [0, 0.1) is 36.5 Å². The molecule has 0 radical (unpaired) electrons. The summed E-state index contributed by atoms with van der Waals surface area (Å²) < 4.78 is 5.72. The summed E-state index contributed by atoms with van der Waals surface area (Å²) in [5, 5.41) is 21.3. The minimum Gasteiger partial charge on any atom is -0.457 e. The van der Waals surface area contributed by atoms with Crippen molar-refractivity contribution in [2.24, 2.45) is 0 Å². The van der Waals surface area contributed by atoms with Crippen LogP contribution in [0.1, 0.15) is 22.5 Å². The van der Waals surface area contributed by atoms with Crippen LogP contribution < -0.4 is 5.32 Å². The molecule has 0 saturated carbocycles. The van der Waals surface area contributed by atoms with Gasteiger partial charge in [-0.15, -0.1) is 0 Å². The van der Waals surface area contributed by atoms with E-state index in [0.717, 1.165) is 11.1 Å². The Morgan fingerprint density at radius 3 is 2.54 bits per heavy atom. The van der Waals surface area contributed by atoms with E-state index in [2.05, 4.69) is 11.4 Å². The smallest absolute Gasteiger partial charge is 0.266 e. The number of aryl methyl sites for hydroxylation is 2. The van der Waals surface area contributed by atoms with Crippen LogP contribution >= 0.6 is 0 Å². The van der Waals surface area contributed by atoms with Gasteiger partial charge in [0.15, 0.2) is 0 Å². The molecule has 28 heavy (non-hydrogen) atoms. The summed E-state index contributed by atoms with van der Waals surface area (Å²) in [5.74, 6) is 0.339. The Kier molecular flexibility index (Phi) is 5.39. The maximum absolute atomic E-state index is 12.4. The van der Waals surface area contributed by atoms with Gasteiger partial charge in [-0.05, 0) is 61.4 Å². The predicted molar refractivity (Wildman–Crippen MR) is 107 cm³/mol. The van der Waals surface area contributed by atoms with Crippen molar-refractivity contribution in [1.82, 2.24) is 0 Å². The van der Waals surface area contributed by atoms with Crippen LogP contribution in [0.15, 0.2) is 64.6 Å². The number of benzene rings is 2. The molecule has 0 atom stereocenters. The number of nitrogens with one attached hydrogen (secondary N) is 1. The number of rotatable bonds is 4. The van der Waals surface area contributed by atoms with Crippen molar-refractivity contribution in [2.75, 3.05) is 5.32 Å². The van der Waals surface area contributed by atoms with E-state index in [-0.39, 0.29) is 5.57 Å². The zero-order chi connectivity index (χ0) is 20.1. The van der Waals surface area contributed by atoms with Crippen molar-refractivity contribution in [3.8, 4) is 23.5 Å². The minimum absolute atomic E-state index is 0.0762. The number of anilines is 1. The maximum atomic E-state index is 12.4. The minimum atomic E-state index is -0.513. The second-order valence-electron chi connectivity index (χ2n) is 6.28. The topological polar surface area (TPSA) is 89.8 Å². The summed E-state index contributed by atoms with van der Waals surface area (Å²) in [6.07, 6.45) is 1.38. The second-order valence-corrected chi connectivity index (χ2v) is 6.28. The molecule has 1 amide bonds. The predicted octanol–water partition coefficient (Wildman–Crippen LogP) is 4.98. The molecule has 1 aromatic heterocycles. The van der Waals surface area contributed by atoms with E-state index < -0.39 is 5.91 Å². The van der Waals surface area contributed by atoms with Gasteiger partial charge in [0.2, 0.25) is 0 Å². The van der Waals surface area contributed by atoms with Gasteiger partial charge in [0.05, 0.1) is 11.6 Å². The van der Waals surface area contributed by atoms with Crippen molar-refractivity contribution >= 4 is 17.7 Å². The molecule has 2 aromatic carbocycles. The van der Waals surface area contributed by atoms with E-state index in [4.69, 9.17) is 4.42 Å². The highest BCUT2D eigenvalue weighted by Gasteiger charge is 2.13. The molecular formula is C23H17N3O2. The standard InChI is InChI=1S/C23H17N3O2/c1-15-7-8-19(11-16(15)2)26-23(27)18(14-25)12-20-9-10-22(28-20)21-6-4-3-5-17(21)13-24/h3-12H,1-2H3,(H,26,27)/b18-12+. The van der Waals surface area contributed by atoms with Crippen molar-refractivity contribution in [2.45, 2.75) is 13.8 Å².